The number of nitrogens with zero attached hydrogens (tertiary/aromatic N) is 1. The highest BCUT2D eigenvalue weighted by atomic mass is 16.3. The third-order valence-electron chi connectivity index (χ3n) is 5.20. The normalized spacial score (nSPS) is 22.0. The van der Waals surface area contributed by atoms with Gasteiger partial charge in [-0.15, -0.1) is 0 Å². The first-order chi connectivity index (χ1) is 11.3. The van der Waals surface area contributed by atoms with Crippen molar-refractivity contribution in [2.45, 2.75) is 39.0 Å². The molecule has 1 fully saturated rings. The van der Waals surface area contributed by atoms with Gasteiger partial charge < -0.3 is 14.6 Å². The fraction of sp³-hybridized carbons (Fsp3) is 0.400. The fourth-order valence-corrected chi connectivity index (χ4v) is 4.13. The van der Waals surface area contributed by atoms with Crippen LogP contribution in [0.5, 0.6) is 0 Å². The van der Waals surface area contributed by atoms with E-state index in [0.717, 1.165) is 32.5 Å². The van der Waals surface area contributed by atoms with Crippen LogP contribution in [0.15, 0.2) is 42.5 Å². The quantitative estimate of drug-likeness (QED) is 0.764. The minimum absolute atomic E-state index is 0.121. The molecule has 0 bridgehead atoms. The average Bonchev–Trinajstić information content (AvgIpc) is 2.88. The summed E-state index contributed by atoms with van der Waals surface area (Å²) in [5.41, 5.74) is 4.02. The second kappa shape index (κ2) is 5.99. The summed E-state index contributed by atoms with van der Waals surface area (Å²) in [6, 6.07) is 15.6. The van der Waals surface area contributed by atoms with Crippen LogP contribution in [0.25, 0.3) is 21.8 Å². The maximum atomic E-state index is 9.88. The Labute approximate surface area is 137 Å². The molecule has 3 aromatic rings. The summed E-state index contributed by atoms with van der Waals surface area (Å²) >= 11 is 0. The number of hydrogen-bond acceptors (Lipinski definition) is 1. The highest BCUT2D eigenvalue weighted by molar-refractivity contribution is 6.08. The van der Waals surface area contributed by atoms with E-state index in [1.54, 1.807) is 0 Å². The highest BCUT2D eigenvalue weighted by Crippen LogP contribution is 2.29. The maximum Gasteiger partial charge on any atom is 0.104 e. The number of aliphatic hydroxyl groups is 1. The van der Waals surface area contributed by atoms with E-state index in [1.165, 1.54) is 38.8 Å². The average molecular weight is 309 g/mol. The summed E-state index contributed by atoms with van der Waals surface area (Å²) in [6.45, 7) is 6.27. The van der Waals surface area contributed by atoms with Crippen molar-refractivity contribution in [3.63, 3.8) is 0 Å². The topological polar surface area (TPSA) is 29.6 Å². The lowest BCUT2D eigenvalue weighted by Crippen LogP contribution is -3.12. The monoisotopic (exact) mass is 309 g/mol. The molecule has 2 atom stereocenters. The van der Waals surface area contributed by atoms with Crippen molar-refractivity contribution in [2.75, 3.05) is 13.1 Å². The van der Waals surface area contributed by atoms with Crippen molar-refractivity contribution < 1.29 is 10.0 Å². The van der Waals surface area contributed by atoms with Crippen LogP contribution in [-0.4, -0.2) is 28.9 Å². The van der Waals surface area contributed by atoms with Gasteiger partial charge in [-0.1, -0.05) is 24.3 Å². The summed E-state index contributed by atoms with van der Waals surface area (Å²) in [5, 5.41) is 12.6. The van der Waals surface area contributed by atoms with E-state index in [-0.39, 0.29) is 6.10 Å². The molecule has 0 amide bonds. The molecule has 23 heavy (non-hydrogen) atoms. The van der Waals surface area contributed by atoms with Gasteiger partial charge in [0.1, 0.15) is 19.2 Å². The number of para-hydroxylation sites is 1. The van der Waals surface area contributed by atoms with Gasteiger partial charge in [0.15, 0.2) is 0 Å². The number of fused-ring (bicyclic) bond motifs is 3. The maximum absolute atomic E-state index is 9.88. The standard InChI is InChI=1S/C20H24N2O/c1-2-22-19-8-4-3-7-17(19)18-12-15(9-10-20(18)22)13-21-11-5-6-16(23)14-21/h3-4,7-10,12,16,23H,2,5-6,11,13-14H2,1H3/p+1/t16-/m1/s1. The molecule has 1 aliphatic heterocycles. The molecule has 0 radical (unpaired) electrons. The molecule has 0 spiro atoms. The van der Waals surface area contributed by atoms with E-state index in [2.05, 4.69) is 54.0 Å². The number of nitrogens with one attached hydrogen (secondary N) is 1. The molecule has 2 aromatic carbocycles. The molecule has 3 nitrogen and oxygen atoms in total. The van der Waals surface area contributed by atoms with Crippen LogP contribution in [0.4, 0.5) is 0 Å². The summed E-state index contributed by atoms with van der Waals surface area (Å²) in [7, 11) is 0. The number of benzene rings is 2. The number of piperidine rings is 1. The molecular weight excluding hydrogens is 284 g/mol. The number of likely N-dealkylation sites (tertiary alicyclic amines) is 1. The van der Waals surface area contributed by atoms with E-state index in [4.69, 9.17) is 0 Å². The number of aromatic nitrogens is 1. The first-order valence-corrected chi connectivity index (χ1v) is 8.77. The second-order valence-electron chi connectivity index (χ2n) is 6.79. The van der Waals surface area contributed by atoms with Crippen LogP contribution in [0.2, 0.25) is 0 Å². The van der Waals surface area contributed by atoms with Gasteiger partial charge in [0.25, 0.3) is 0 Å². The molecule has 0 aliphatic carbocycles. The van der Waals surface area contributed by atoms with Gasteiger partial charge in [0.05, 0.1) is 6.54 Å². The van der Waals surface area contributed by atoms with Crippen LogP contribution >= 0.6 is 0 Å². The molecule has 3 heteroatoms. The molecule has 2 heterocycles. The Morgan fingerprint density at radius 3 is 2.78 bits per heavy atom. The lowest BCUT2D eigenvalue weighted by Gasteiger charge is -2.27. The number of rotatable bonds is 3. The van der Waals surface area contributed by atoms with Crippen molar-refractivity contribution in [1.82, 2.24) is 4.57 Å². The Hall–Kier alpha value is -1.84. The predicted octanol–water partition coefficient (Wildman–Crippen LogP) is 2.35. The van der Waals surface area contributed by atoms with E-state index < -0.39 is 0 Å². The first kappa shape index (κ1) is 14.7. The number of hydrogen-bond donors (Lipinski definition) is 2. The molecule has 1 unspecified atom stereocenters. The first-order valence-electron chi connectivity index (χ1n) is 8.77. The SMILES string of the molecule is CCn1c2ccccc2c2cc(C[NH+]3CCC[C@@H](O)C3)ccc21. The smallest absolute Gasteiger partial charge is 0.104 e. The zero-order valence-corrected chi connectivity index (χ0v) is 13.8. The molecule has 1 aliphatic rings. The minimum Gasteiger partial charge on any atom is -0.387 e. The molecule has 0 saturated carbocycles. The Kier molecular flexibility index (Phi) is 3.83. The summed E-state index contributed by atoms with van der Waals surface area (Å²) < 4.78 is 2.39. The van der Waals surface area contributed by atoms with Crippen molar-refractivity contribution in [1.29, 1.82) is 0 Å². The molecule has 1 saturated heterocycles. The fourth-order valence-electron chi connectivity index (χ4n) is 4.13. The van der Waals surface area contributed by atoms with Crippen LogP contribution in [0.1, 0.15) is 25.3 Å². The molecule has 1 aromatic heterocycles. The van der Waals surface area contributed by atoms with Crippen LogP contribution in [0, 0.1) is 0 Å². The van der Waals surface area contributed by atoms with Crippen molar-refractivity contribution in [3.8, 4) is 0 Å². The highest BCUT2D eigenvalue weighted by Gasteiger charge is 2.21. The van der Waals surface area contributed by atoms with Crippen molar-refractivity contribution >= 4 is 21.8 Å². The summed E-state index contributed by atoms with van der Waals surface area (Å²) in [4.78, 5) is 1.50. The predicted molar refractivity (Wildman–Crippen MR) is 94.8 cm³/mol. The number of aliphatic hydroxyl groups excluding tert-OH is 1. The van der Waals surface area contributed by atoms with Gasteiger partial charge in [-0.05, 0) is 38.0 Å². The molecule has 120 valence electrons. The minimum atomic E-state index is -0.121. The van der Waals surface area contributed by atoms with E-state index in [1.807, 2.05) is 0 Å². The second-order valence-corrected chi connectivity index (χ2v) is 6.79. The van der Waals surface area contributed by atoms with E-state index >= 15 is 0 Å². The summed E-state index contributed by atoms with van der Waals surface area (Å²) in [5.74, 6) is 0. The zero-order chi connectivity index (χ0) is 15.8. The van der Waals surface area contributed by atoms with Gasteiger partial charge >= 0.3 is 0 Å². The lowest BCUT2D eigenvalue weighted by molar-refractivity contribution is -0.921. The van der Waals surface area contributed by atoms with Gasteiger partial charge in [0, 0.05) is 33.9 Å². The molecular formula is C20H25N2O+. The van der Waals surface area contributed by atoms with Gasteiger partial charge in [-0.2, -0.15) is 0 Å². The zero-order valence-electron chi connectivity index (χ0n) is 13.8. The third-order valence-corrected chi connectivity index (χ3v) is 5.20. The van der Waals surface area contributed by atoms with Crippen LogP contribution in [0.3, 0.4) is 0 Å². The Morgan fingerprint density at radius 1 is 1.13 bits per heavy atom. The molecule has 4 rings (SSSR count). The Bertz CT molecular complexity index is 836. The lowest BCUT2D eigenvalue weighted by atomic mass is 10.1. The van der Waals surface area contributed by atoms with E-state index in [9.17, 15) is 5.11 Å². The number of aryl methyl sites for hydroxylation is 1. The number of quaternary nitrogens is 1. The van der Waals surface area contributed by atoms with Crippen molar-refractivity contribution in [2.24, 2.45) is 0 Å². The van der Waals surface area contributed by atoms with Gasteiger partial charge in [-0.3, -0.25) is 0 Å². The third kappa shape index (κ3) is 2.64. The molecule has 2 N–H and O–H groups in total. The van der Waals surface area contributed by atoms with Crippen molar-refractivity contribution in [3.05, 3.63) is 48.0 Å². The van der Waals surface area contributed by atoms with Crippen LogP contribution < -0.4 is 4.90 Å². The largest absolute Gasteiger partial charge is 0.387 e. The Balaban J connectivity index is 1.74. The van der Waals surface area contributed by atoms with E-state index in [0.29, 0.717) is 0 Å². The van der Waals surface area contributed by atoms with Crippen LogP contribution in [-0.2, 0) is 13.1 Å². The van der Waals surface area contributed by atoms with Gasteiger partial charge in [-0.25, -0.2) is 0 Å². The Morgan fingerprint density at radius 2 is 1.96 bits per heavy atom. The summed E-state index contributed by atoms with van der Waals surface area (Å²) in [6.07, 6.45) is 1.98. The van der Waals surface area contributed by atoms with Gasteiger partial charge in [0.2, 0.25) is 0 Å².